The Bertz CT molecular complexity index is 303. The molecule has 0 amide bonds. The summed E-state index contributed by atoms with van der Waals surface area (Å²) < 4.78 is 4.83. The first-order chi connectivity index (χ1) is 6.24. The van der Waals surface area contributed by atoms with Gasteiger partial charge in [-0.15, -0.1) is 11.3 Å². The quantitative estimate of drug-likeness (QED) is 0.550. The number of hydrogen-bond acceptors (Lipinski definition) is 4. The highest BCUT2D eigenvalue weighted by Crippen LogP contribution is 2.11. The fourth-order valence-corrected chi connectivity index (χ4v) is 1.42. The fourth-order valence-electron chi connectivity index (χ4n) is 0.814. The first kappa shape index (κ1) is 9.92. The lowest BCUT2D eigenvalue weighted by Crippen LogP contribution is -2.04. The van der Waals surface area contributed by atoms with E-state index in [1.54, 1.807) is 31.6 Å². The summed E-state index contributed by atoms with van der Waals surface area (Å²) in [7, 11) is 0. The van der Waals surface area contributed by atoms with Gasteiger partial charge in [-0.25, -0.2) is 4.79 Å². The van der Waals surface area contributed by atoms with Crippen LogP contribution < -0.4 is 0 Å². The number of rotatable bonds is 3. The number of carbonyl (C=O) groups excluding carboxylic acids is 1. The zero-order chi connectivity index (χ0) is 9.68. The number of aromatic nitrogens is 1. The van der Waals surface area contributed by atoms with Gasteiger partial charge in [0.1, 0.15) is 0 Å². The van der Waals surface area contributed by atoms with Crippen LogP contribution in [0.25, 0.3) is 6.08 Å². The average Bonchev–Trinajstić information content (AvgIpc) is 2.57. The van der Waals surface area contributed by atoms with Crippen molar-refractivity contribution >= 4 is 23.4 Å². The van der Waals surface area contributed by atoms with Crippen molar-refractivity contribution in [2.75, 3.05) is 6.61 Å². The van der Waals surface area contributed by atoms with Crippen LogP contribution in [0.4, 0.5) is 0 Å². The first-order valence-electron chi connectivity index (χ1n) is 3.98. The summed E-state index contributed by atoms with van der Waals surface area (Å²) in [4.78, 5) is 16.0. The van der Waals surface area contributed by atoms with Gasteiger partial charge in [0.25, 0.3) is 0 Å². The van der Waals surface area contributed by atoms with Crippen LogP contribution in [0.3, 0.4) is 0 Å². The third-order valence-corrected chi connectivity index (χ3v) is 2.13. The molecule has 0 aliphatic heterocycles. The van der Waals surface area contributed by atoms with E-state index in [1.807, 2.05) is 0 Å². The van der Waals surface area contributed by atoms with Gasteiger partial charge in [-0.2, -0.15) is 0 Å². The Balaban J connectivity index is 2.66. The van der Waals surface area contributed by atoms with Crippen molar-refractivity contribution in [3.05, 3.63) is 22.2 Å². The normalized spacial score (nSPS) is 11.4. The van der Waals surface area contributed by atoms with E-state index in [9.17, 15) is 4.79 Å². The molecular weight excluding hydrogens is 186 g/mol. The molecule has 0 radical (unpaired) electrons. The van der Waals surface area contributed by atoms with Gasteiger partial charge in [0.2, 0.25) is 0 Å². The van der Waals surface area contributed by atoms with E-state index < -0.39 is 0 Å². The Morgan fingerprint density at radius 2 is 2.54 bits per heavy atom. The van der Waals surface area contributed by atoms with E-state index in [0.717, 1.165) is 4.88 Å². The van der Waals surface area contributed by atoms with E-state index in [1.165, 1.54) is 11.3 Å². The topological polar surface area (TPSA) is 39.2 Å². The third kappa shape index (κ3) is 2.99. The third-order valence-electron chi connectivity index (χ3n) is 1.41. The monoisotopic (exact) mass is 197 g/mol. The van der Waals surface area contributed by atoms with Crippen LogP contribution in [0.1, 0.15) is 18.7 Å². The molecule has 0 aliphatic rings. The van der Waals surface area contributed by atoms with Gasteiger partial charge < -0.3 is 4.74 Å². The van der Waals surface area contributed by atoms with Gasteiger partial charge in [0.05, 0.1) is 12.1 Å². The second-order valence-corrected chi connectivity index (χ2v) is 3.37. The summed E-state index contributed by atoms with van der Waals surface area (Å²) in [5.74, 6) is -0.268. The molecule has 0 aromatic carbocycles. The number of nitrogens with zero attached hydrogens (tertiary/aromatic N) is 1. The Morgan fingerprint density at radius 3 is 3.08 bits per heavy atom. The first-order valence-corrected chi connectivity index (χ1v) is 4.86. The summed E-state index contributed by atoms with van der Waals surface area (Å²) in [6.45, 7) is 3.93. The van der Waals surface area contributed by atoms with Crippen LogP contribution in [0, 0.1) is 0 Å². The maximum absolute atomic E-state index is 11.2. The maximum atomic E-state index is 11.2. The predicted octanol–water partition coefficient (Wildman–Crippen LogP) is 2.11. The Hall–Kier alpha value is -1.16. The van der Waals surface area contributed by atoms with Crippen LogP contribution in [0.2, 0.25) is 0 Å². The van der Waals surface area contributed by atoms with Gasteiger partial charge in [-0.05, 0) is 19.9 Å². The molecule has 3 nitrogen and oxygen atoms in total. The van der Waals surface area contributed by atoms with Crippen molar-refractivity contribution in [1.82, 2.24) is 4.98 Å². The van der Waals surface area contributed by atoms with Crippen LogP contribution in [-0.4, -0.2) is 17.6 Å². The van der Waals surface area contributed by atoms with Gasteiger partial charge >= 0.3 is 5.97 Å². The molecule has 1 heterocycles. The number of carbonyl (C=O) groups is 1. The molecule has 70 valence electrons. The molecule has 0 saturated carbocycles. The molecule has 0 atom stereocenters. The van der Waals surface area contributed by atoms with Crippen molar-refractivity contribution < 1.29 is 9.53 Å². The van der Waals surface area contributed by atoms with Crippen molar-refractivity contribution in [3.63, 3.8) is 0 Å². The average molecular weight is 197 g/mol. The Kier molecular flexibility index (Phi) is 3.64. The van der Waals surface area contributed by atoms with Gasteiger partial charge in [0, 0.05) is 16.6 Å². The number of hydrogen-bond donors (Lipinski definition) is 0. The molecule has 0 N–H and O–H groups in total. The molecule has 1 aromatic heterocycles. The zero-order valence-corrected chi connectivity index (χ0v) is 8.43. The lowest BCUT2D eigenvalue weighted by atomic mass is 10.3. The number of thiazole rings is 1. The molecule has 0 fully saturated rings. The summed E-state index contributed by atoms with van der Waals surface area (Å²) in [5.41, 5.74) is 2.33. The number of ether oxygens (including phenoxy) is 1. The van der Waals surface area contributed by atoms with E-state index in [-0.39, 0.29) is 5.97 Å². The van der Waals surface area contributed by atoms with Gasteiger partial charge in [-0.1, -0.05) is 0 Å². The van der Waals surface area contributed by atoms with E-state index in [2.05, 4.69) is 4.98 Å². The highest BCUT2D eigenvalue weighted by atomic mass is 32.1. The molecule has 0 bridgehead atoms. The van der Waals surface area contributed by atoms with Crippen LogP contribution in [0.5, 0.6) is 0 Å². The van der Waals surface area contributed by atoms with Crippen molar-refractivity contribution in [2.24, 2.45) is 0 Å². The number of esters is 1. The van der Waals surface area contributed by atoms with E-state index in [4.69, 9.17) is 4.74 Å². The Labute approximate surface area is 81.1 Å². The van der Waals surface area contributed by atoms with Crippen molar-refractivity contribution in [1.29, 1.82) is 0 Å². The molecule has 1 aromatic rings. The summed E-state index contributed by atoms with van der Waals surface area (Å²) >= 11 is 1.49. The predicted molar refractivity (Wildman–Crippen MR) is 52.4 cm³/mol. The van der Waals surface area contributed by atoms with Crippen LogP contribution in [-0.2, 0) is 9.53 Å². The minimum Gasteiger partial charge on any atom is -0.463 e. The molecular formula is C9H11NO2S. The van der Waals surface area contributed by atoms with Gasteiger partial charge in [0.15, 0.2) is 0 Å². The maximum Gasteiger partial charge on any atom is 0.333 e. The minimum atomic E-state index is -0.268. The second kappa shape index (κ2) is 4.77. The molecule has 13 heavy (non-hydrogen) atoms. The lowest BCUT2D eigenvalue weighted by Gasteiger charge is -1.99. The molecule has 0 spiro atoms. The van der Waals surface area contributed by atoms with Crippen molar-refractivity contribution in [2.45, 2.75) is 13.8 Å². The second-order valence-electron chi connectivity index (χ2n) is 2.45. The zero-order valence-electron chi connectivity index (χ0n) is 7.61. The lowest BCUT2D eigenvalue weighted by molar-refractivity contribution is -0.138. The summed E-state index contributed by atoms with van der Waals surface area (Å²) in [6, 6.07) is 0. The molecule has 0 aliphatic carbocycles. The summed E-state index contributed by atoms with van der Waals surface area (Å²) in [6.07, 6.45) is 3.49. The van der Waals surface area contributed by atoms with E-state index in [0.29, 0.717) is 12.2 Å². The minimum absolute atomic E-state index is 0.268. The van der Waals surface area contributed by atoms with Crippen LogP contribution >= 0.6 is 11.3 Å². The smallest absolute Gasteiger partial charge is 0.333 e. The van der Waals surface area contributed by atoms with Crippen LogP contribution in [0.15, 0.2) is 17.3 Å². The molecule has 4 heteroatoms. The summed E-state index contributed by atoms with van der Waals surface area (Å²) in [5, 5.41) is 0. The van der Waals surface area contributed by atoms with E-state index >= 15 is 0 Å². The highest BCUT2D eigenvalue weighted by molar-refractivity contribution is 7.10. The SMILES string of the molecule is CCOC(=O)C(C)=Cc1cncs1. The van der Waals surface area contributed by atoms with Crippen molar-refractivity contribution in [3.8, 4) is 0 Å². The largest absolute Gasteiger partial charge is 0.463 e. The Morgan fingerprint density at radius 1 is 1.77 bits per heavy atom. The van der Waals surface area contributed by atoms with Gasteiger partial charge in [-0.3, -0.25) is 4.98 Å². The molecule has 0 saturated heterocycles. The fraction of sp³-hybridized carbons (Fsp3) is 0.333. The molecule has 0 unspecified atom stereocenters. The highest BCUT2D eigenvalue weighted by Gasteiger charge is 2.04. The molecule has 1 rings (SSSR count). The standard InChI is InChI=1S/C9H11NO2S/c1-3-12-9(11)7(2)4-8-5-10-6-13-8/h4-6H,3H2,1-2H3.